The largest absolute Gasteiger partial charge is 0.459 e. The highest BCUT2D eigenvalue weighted by atomic mass is 35.6. The average molecular weight is 1160 g/mol. The first-order valence-corrected chi connectivity index (χ1v) is 25.8. The quantitative estimate of drug-likeness (QED) is 0.0246. The van der Waals surface area contributed by atoms with Crippen LogP contribution in [-0.4, -0.2) is 131 Å². The van der Waals surface area contributed by atoms with Gasteiger partial charge in [0.15, 0.2) is 18.7 Å². The number of carbonyl (C=O) groups excluding carboxylic acids is 3. The Bertz CT molecular complexity index is 2340. The molecule has 408 valence electrons. The summed E-state index contributed by atoms with van der Waals surface area (Å²) in [7, 11) is 0. The lowest BCUT2D eigenvalue weighted by Gasteiger charge is -2.50. The second-order valence-corrected chi connectivity index (χ2v) is 22.2. The van der Waals surface area contributed by atoms with E-state index in [4.69, 9.17) is 122 Å². The van der Waals surface area contributed by atoms with Gasteiger partial charge in [0.05, 0.1) is 39.6 Å². The molecule has 1 unspecified atom stereocenters. The molecule has 0 aliphatic carbocycles. The fourth-order valence-corrected chi connectivity index (χ4v) is 8.12. The molecule has 11 atom stereocenters. The molecule has 2 aliphatic heterocycles. The van der Waals surface area contributed by atoms with Crippen molar-refractivity contribution < 1.29 is 71.6 Å². The van der Waals surface area contributed by atoms with Crippen LogP contribution < -0.4 is 10.6 Å². The van der Waals surface area contributed by atoms with E-state index in [2.05, 4.69) is 17.2 Å². The Labute approximate surface area is 465 Å². The van der Waals surface area contributed by atoms with E-state index >= 15 is 0 Å². The van der Waals surface area contributed by atoms with Crippen molar-refractivity contribution in [3.8, 4) is 0 Å². The zero-order valence-electron chi connectivity index (χ0n) is 40.5. The number of esters is 1. The van der Waals surface area contributed by atoms with E-state index in [1.807, 2.05) is 84.9 Å². The van der Waals surface area contributed by atoms with Gasteiger partial charge >= 0.3 is 18.2 Å². The van der Waals surface area contributed by atoms with Crippen LogP contribution in [0.3, 0.4) is 0 Å². The van der Waals surface area contributed by atoms with Crippen LogP contribution in [0.1, 0.15) is 29.2 Å². The van der Waals surface area contributed by atoms with Crippen molar-refractivity contribution in [2.24, 2.45) is 0 Å². The Morgan fingerprint density at radius 2 is 1.04 bits per heavy atom. The van der Waals surface area contributed by atoms with Crippen molar-refractivity contribution in [3.05, 3.63) is 156 Å². The van der Waals surface area contributed by atoms with Gasteiger partial charge in [0.1, 0.15) is 68.5 Å². The van der Waals surface area contributed by atoms with Crippen molar-refractivity contribution in [1.29, 1.82) is 0 Å². The van der Waals surface area contributed by atoms with Gasteiger partial charge in [-0.2, -0.15) is 0 Å². The summed E-state index contributed by atoms with van der Waals surface area (Å²) in [6.45, 7) is 3.27. The van der Waals surface area contributed by atoms with E-state index in [1.54, 1.807) is 36.4 Å². The smallest absolute Gasteiger partial charge is 0.407 e. The first-order valence-electron chi connectivity index (χ1n) is 23.6. The van der Waals surface area contributed by atoms with Crippen LogP contribution >= 0.6 is 69.6 Å². The van der Waals surface area contributed by atoms with Crippen LogP contribution in [-0.2, 0) is 83.3 Å². The maximum Gasteiger partial charge on any atom is 0.407 e. The lowest BCUT2D eigenvalue weighted by molar-refractivity contribution is -0.341. The Balaban J connectivity index is 1.43. The Hall–Kier alpha value is -3.99. The second-order valence-electron chi connectivity index (χ2n) is 17.1. The van der Waals surface area contributed by atoms with E-state index in [0.29, 0.717) is 11.1 Å². The van der Waals surface area contributed by atoms with Crippen LogP contribution in [0.2, 0.25) is 0 Å². The normalized spacial score (nSPS) is 24.3. The van der Waals surface area contributed by atoms with Gasteiger partial charge in [-0.15, -0.1) is 6.58 Å². The molecule has 0 radical (unpaired) electrons. The summed E-state index contributed by atoms with van der Waals surface area (Å²) in [4.78, 5) is 41.4. The number of hydrogen-bond acceptors (Lipinski definition) is 15. The van der Waals surface area contributed by atoms with Crippen LogP contribution in [0.5, 0.6) is 0 Å². The van der Waals surface area contributed by atoms with Crippen LogP contribution in [0.15, 0.2) is 134 Å². The highest BCUT2D eigenvalue weighted by Gasteiger charge is 2.55. The number of alkyl carbamates (subject to hydrolysis) is 2. The maximum absolute atomic E-state index is 13.9. The first-order chi connectivity index (χ1) is 36.0. The molecule has 75 heavy (non-hydrogen) atoms. The number of ether oxygens (including phenoxy) is 11. The molecule has 6 rings (SSSR count). The minimum absolute atomic E-state index is 0.0737. The van der Waals surface area contributed by atoms with Gasteiger partial charge in [0, 0.05) is 0 Å². The molecule has 4 aromatic carbocycles. The number of benzene rings is 4. The predicted octanol–water partition coefficient (Wildman–Crippen LogP) is 8.85. The maximum atomic E-state index is 13.9. The van der Waals surface area contributed by atoms with Crippen LogP contribution in [0.25, 0.3) is 0 Å². The number of nitrogens with one attached hydrogen (secondary N) is 2. The SMILES string of the molecule is C=CCO[C@H]1O[C@H](COCc2ccccc2)[C@@H](O[C@@H]2O[C@H](COCc3ccccc3)[C@@H](O)[C@H](OCc3ccccc3)[C@H]2NC(=O)OCC(Cl)(Cl)Cl)[C@H](OC(C)C(=O)OCc2ccccc2)[C@H]1NC(=O)OCC(Cl)(Cl)Cl. The summed E-state index contributed by atoms with van der Waals surface area (Å²) in [5.74, 6) is -0.805. The Kier molecular flexibility index (Phi) is 24.3. The molecule has 2 fully saturated rings. The monoisotopic (exact) mass is 1160 g/mol. The third-order valence-electron chi connectivity index (χ3n) is 11.3. The number of aliphatic hydroxyl groups is 1. The summed E-state index contributed by atoms with van der Waals surface area (Å²) in [5, 5.41) is 17.6. The third-order valence-corrected chi connectivity index (χ3v) is 11.9. The number of halogens is 6. The standard InChI is InChI=1S/C52H58Cl6N2O15/c1-3-24-67-47-41(60-50(64)71-32-52(56,57)58)45(72-33(2)46(62)69-28-37-22-14-7-15-23-37)43(39(74-47)30-66-26-35-18-10-5-11-19-35)75-48-40(59-49(63)70-31-51(53,54)55)44(68-27-36-20-12-6-13-21-36)42(61)38(73-48)29-65-25-34-16-8-4-9-17-34/h3-23,33,38-45,47-48,61H,1,24-32H2,2H3,(H,59,63)(H,60,64)/t33?,38-,39-,40-,41-,42-,43-,44-,45-,47+,48+/m1/s1. The summed E-state index contributed by atoms with van der Waals surface area (Å²) in [6, 6.07) is 33.7. The molecular formula is C52H58Cl6N2O15. The van der Waals surface area contributed by atoms with Crippen molar-refractivity contribution in [2.75, 3.05) is 33.0 Å². The molecule has 0 spiro atoms. The fraction of sp³-hybridized carbons (Fsp3) is 0.442. The number of rotatable bonds is 25. The highest BCUT2D eigenvalue weighted by molar-refractivity contribution is 6.68. The summed E-state index contributed by atoms with van der Waals surface area (Å²) in [5.41, 5.74) is 3.05. The molecular weight excluding hydrogens is 1110 g/mol. The predicted molar refractivity (Wildman–Crippen MR) is 279 cm³/mol. The number of carbonyl (C=O) groups is 3. The topological polar surface area (TPSA) is 197 Å². The molecule has 0 bridgehead atoms. The van der Waals surface area contributed by atoms with Gasteiger partial charge in [-0.1, -0.05) is 197 Å². The second kappa shape index (κ2) is 30.2. The Morgan fingerprint density at radius 3 is 1.52 bits per heavy atom. The van der Waals surface area contributed by atoms with Gasteiger partial charge in [-0.3, -0.25) is 0 Å². The van der Waals surface area contributed by atoms with E-state index in [1.165, 1.54) is 13.0 Å². The lowest BCUT2D eigenvalue weighted by Crippen LogP contribution is -2.70. The number of hydrogen-bond donors (Lipinski definition) is 3. The number of aliphatic hydroxyl groups excluding tert-OH is 1. The van der Waals surface area contributed by atoms with Crippen LogP contribution in [0.4, 0.5) is 9.59 Å². The van der Waals surface area contributed by atoms with Gasteiger partial charge in [-0.05, 0) is 29.2 Å². The average Bonchev–Trinajstić information content (AvgIpc) is 3.39. The van der Waals surface area contributed by atoms with E-state index in [9.17, 15) is 19.5 Å². The summed E-state index contributed by atoms with van der Waals surface area (Å²) < 4.78 is 64.1. The van der Waals surface area contributed by atoms with E-state index in [0.717, 1.165) is 11.1 Å². The zero-order valence-corrected chi connectivity index (χ0v) is 45.0. The van der Waals surface area contributed by atoms with Gasteiger partial charge < -0.3 is 67.8 Å². The molecule has 2 aliphatic rings. The number of alkyl halides is 6. The molecule has 17 nitrogen and oxygen atoms in total. The minimum atomic E-state index is -2.01. The summed E-state index contributed by atoms with van der Waals surface area (Å²) >= 11 is 35.8. The van der Waals surface area contributed by atoms with Crippen molar-refractivity contribution >= 4 is 87.8 Å². The third kappa shape index (κ3) is 20.4. The van der Waals surface area contributed by atoms with Crippen LogP contribution in [0, 0.1) is 0 Å². The molecule has 4 aromatic rings. The molecule has 0 aromatic heterocycles. The van der Waals surface area contributed by atoms with Crippen molar-refractivity contribution in [3.63, 3.8) is 0 Å². The lowest BCUT2D eigenvalue weighted by atomic mass is 9.94. The number of amides is 2. The van der Waals surface area contributed by atoms with Crippen molar-refractivity contribution in [2.45, 2.75) is 108 Å². The fourth-order valence-electron chi connectivity index (χ4n) is 7.79. The van der Waals surface area contributed by atoms with E-state index in [-0.39, 0.29) is 46.2 Å². The summed E-state index contributed by atoms with van der Waals surface area (Å²) in [6.07, 6.45) is -13.5. The molecule has 2 amide bonds. The molecule has 0 saturated carbocycles. The Morgan fingerprint density at radius 1 is 0.600 bits per heavy atom. The first kappa shape index (κ1) is 60.2. The van der Waals surface area contributed by atoms with Gasteiger partial charge in [0.25, 0.3) is 0 Å². The van der Waals surface area contributed by atoms with Gasteiger partial charge in [-0.25, -0.2) is 14.4 Å². The molecule has 2 saturated heterocycles. The minimum Gasteiger partial charge on any atom is -0.459 e. The van der Waals surface area contributed by atoms with Crippen molar-refractivity contribution in [1.82, 2.24) is 10.6 Å². The zero-order chi connectivity index (χ0) is 53.8. The molecule has 23 heteroatoms. The van der Waals surface area contributed by atoms with Gasteiger partial charge in [0.2, 0.25) is 7.59 Å². The molecule has 2 heterocycles. The molecule has 3 N–H and O–H groups in total. The highest BCUT2D eigenvalue weighted by Crippen LogP contribution is 2.35. The van der Waals surface area contributed by atoms with E-state index < -0.39 is 106 Å².